The van der Waals surface area contributed by atoms with Gasteiger partial charge in [-0.2, -0.15) is 0 Å². The van der Waals surface area contributed by atoms with Crippen LogP contribution in [-0.4, -0.2) is 22.4 Å². The largest absolute Gasteiger partial charge is 0.573 e. The molecular weight excluding hydrogens is 409 g/mol. The lowest BCUT2D eigenvalue weighted by molar-refractivity contribution is -0.274. The van der Waals surface area contributed by atoms with Crippen molar-refractivity contribution in [2.75, 3.05) is 5.32 Å². The Bertz CT molecular complexity index is 1090. The SMILES string of the molecule is O=C1Nc2c(ccnc2Cl)C1(c1ccc(O)cc1)c1ccc(OC(F)(F)F)cc1. The molecule has 3 aromatic rings. The molecule has 0 radical (unpaired) electrons. The number of halogens is 4. The third-order valence-corrected chi connectivity index (χ3v) is 5.00. The Labute approximate surface area is 167 Å². The first kappa shape index (κ1) is 19.1. The van der Waals surface area contributed by atoms with Crippen LogP contribution in [0.5, 0.6) is 11.5 Å². The highest BCUT2D eigenvalue weighted by Crippen LogP contribution is 2.49. The van der Waals surface area contributed by atoms with E-state index in [9.17, 15) is 23.1 Å². The highest BCUT2D eigenvalue weighted by atomic mass is 35.5. The molecule has 2 N–H and O–H groups in total. The van der Waals surface area contributed by atoms with E-state index in [0.29, 0.717) is 22.4 Å². The molecule has 1 amide bonds. The summed E-state index contributed by atoms with van der Waals surface area (Å²) >= 11 is 6.15. The first-order chi connectivity index (χ1) is 13.7. The predicted molar refractivity (Wildman–Crippen MR) is 99.0 cm³/mol. The number of aromatic hydroxyl groups is 1. The van der Waals surface area contributed by atoms with Crippen molar-refractivity contribution in [3.05, 3.63) is 82.6 Å². The van der Waals surface area contributed by atoms with Crippen LogP contribution in [0.3, 0.4) is 0 Å². The normalized spacial score (nSPS) is 18.3. The zero-order valence-corrected chi connectivity index (χ0v) is 15.3. The quantitative estimate of drug-likeness (QED) is 0.606. The molecule has 1 aliphatic heterocycles. The van der Waals surface area contributed by atoms with E-state index in [4.69, 9.17) is 11.6 Å². The Hall–Kier alpha value is -3.26. The molecule has 0 aliphatic carbocycles. The van der Waals surface area contributed by atoms with Gasteiger partial charge in [0.25, 0.3) is 0 Å². The topological polar surface area (TPSA) is 71.5 Å². The highest BCUT2D eigenvalue weighted by Gasteiger charge is 2.50. The van der Waals surface area contributed by atoms with Gasteiger partial charge in [-0.05, 0) is 41.5 Å². The second kappa shape index (κ2) is 6.66. The van der Waals surface area contributed by atoms with E-state index in [-0.39, 0.29) is 10.9 Å². The Balaban J connectivity index is 1.93. The van der Waals surface area contributed by atoms with E-state index in [1.807, 2.05) is 0 Å². The summed E-state index contributed by atoms with van der Waals surface area (Å²) in [5.74, 6) is -0.852. The van der Waals surface area contributed by atoms with E-state index in [2.05, 4.69) is 15.0 Å². The number of rotatable bonds is 3. The molecule has 4 rings (SSSR count). The predicted octanol–water partition coefficient (Wildman–Crippen LogP) is 4.63. The van der Waals surface area contributed by atoms with E-state index >= 15 is 0 Å². The number of ether oxygens (including phenoxy) is 1. The number of aromatic nitrogens is 1. The van der Waals surface area contributed by atoms with E-state index in [1.165, 1.54) is 30.5 Å². The molecular formula is C20H12ClF3N2O3. The molecule has 9 heteroatoms. The number of alkyl halides is 3. The standard InChI is InChI=1S/C20H12ClF3N2O3/c21-17-16-15(9-10-25-17)19(18(28)26-16,11-1-5-13(27)6-2-11)12-3-7-14(8-4-12)29-20(22,23)24/h1-10,27H,(H,26,28). The number of phenols is 1. The average molecular weight is 421 g/mol. The Morgan fingerprint density at radius 3 is 2.17 bits per heavy atom. The molecule has 148 valence electrons. The number of fused-ring (bicyclic) bond motifs is 1. The maximum Gasteiger partial charge on any atom is 0.573 e. The summed E-state index contributed by atoms with van der Waals surface area (Å²) in [4.78, 5) is 17.2. The summed E-state index contributed by atoms with van der Waals surface area (Å²) in [5.41, 5.74) is 0.321. The van der Waals surface area contributed by atoms with Crippen LogP contribution < -0.4 is 10.1 Å². The minimum atomic E-state index is -4.83. The second-order valence-corrected chi connectivity index (χ2v) is 6.71. The van der Waals surface area contributed by atoms with Crippen LogP contribution in [0.15, 0.2) is 60.8 Å². The number of anilines is 1. The van der Waals surface area contributed by atoms with E-state index in [1.54, 1.807) is 18.2 Å². The number of hydrogen-bond donors (Lipinski definition) is 2. The summed E-state index contributed by atoms with van der Waals surface area (Å²) in [6.07, 6.45) is -3.38. The van der Waals surface area contributed by atoms with Gasteiger partial charge in [-0.25, -0.2) is 4.98 Å². The van der Waals surface area contributed by atoms with Crippen molar-refractivity contribution in [2.45, 2.75) is 11.8 Å². The summed E-state index contributed by atoms with van der Waals surface area (Å²) in [7, 11) is 0. The van der Waals surface area contributed by atoms with Crippen molar-refractivity contribution in [2.24, 2.45) is 0 Å². The van der Waals surface area contributed by atoms with Crippen molar-refractivity contribution < 1.29 is 27.8 Å². The Kier molecular flexibility index (Phi) is 4.38. The van der Waals surface area contributed by atoms with Gasteiger partial charge >= 0.3 is 6.36 Å². The number of nitrogens with one attached hydrogen (secondary N) is 1. The lowest BCUT2D eigenvalue weighted by Gasteiger charge is -2.29. The summed E-state index contributed by atoms with van der Waals surface area (Å²) in [6.45, 7) is 0. The Morgan fingerprint density at radius 2 is 1.59 bits per heavy atom. The molecule has 0 saturated carbocycles. The molecule has 2 heterocycles. The minimum Gasteiger partial charge on any atom is -0.508 e. The average Bonchev–Trinajstić information content (AvgIpc) is 2.96. The highest BCUT2D eigenvalue weighted by molar-refractivity contribution is 6.34. The van der Waals surface area contributed by atoms with Crippen LogP contribution in [0.1, 0.15) is 16.7 Å². The van der Waals surface area contributed by atoms with Crippen LogP contribution in [0.4, 0.5) is 18.9 Å². The third kappa shape index (κ3) is 3.15. The van der Waals surface area contributed by atoms with Crippen molar-refractivity contribution in [3.63, 3.8) is 0 Å². The first-order valence-corrected chi connectivity index (χ1v) is 8.72. The molecule has 0 fully saturated rings. The van der Waals surface area contributed by atoms with Crippen LogP contribution in [0.2, 0.25) is 5.15 Å². The number of carbonyl (C=O) groups excluding carboxylic acids is 1. The number of pyridine rings is 1. The van der Waals surface area contributed by atoms with Crippen molar-refractivity contribution in [1.29, 1.82) is 0 Å². The van der Waals surface area contributed by atoms with Crippen LogP contribution in [-0.2, 0) is 10.2 Å². The van der Waals surface area contributed by atoms with Crippen molar-refractivity contribution >= 4 is 23.2 Å². The van der Waals surface area contributed by atoms with Gasteiger partial charge in [0.05, 0.1) is 5.69 Å². The van der Waals surface area contributed by atoms with Gasteiger partial charge in [-0.1, -0.05) is 35.9 Å². The fraction of sp³-hybridized carbons (Fsp3) is 0.100. The maximum atomic E-state index is 13.2. The summed E-state index contributed by atoms with van der Waals surface area (Å²) in [6, 6.07) is 12.6. The van der Waals surface area contributed by atoms with Gasteiger partial charge in [0.2, 0.25) is 5.91 Å². The Morgan fingerprint density at radius 1 is 1.00 bits per heavy atom. The summed E-state index contributed by atoms with van der Waals surface area (Å²) in [5, 5.41) is 12.5. The number of carbonyl (C=O) groups is 1. The van der Waals surface area contributed by atoms with Crippen LogP contribution >= 0.6 is 11.6 Å². The van der Waals surface area contributed by atoms with E-state index in [0.717, 1.165) is 12.1 Å². The molecule has 29 heavy (non-hydrogen) atoms. The number of benzene rings is 2. The van der Waals surface area contributed by atoms with Gasteiger partial charge in [0.1, 0.15) is 16.9 Å². The lowest BCUT2D eigenvalue weighted by Crippen LogP contribution is -2.37. The number of amides is 1. The van der Waals surface area contributed by atoms with Crippen LogP contribution in [0.25, 0.3) is 0 Å². The van der Waals surface area contributed by atoms with Gasteiger partial charge in [0.15, 0.2) is 5.15 Å². The molecule has 1 aliphatic rings. The minimum absolute atomic E-state index is 0.00390. The van der Waals surface area contributed by atoms with Gasteiger partial charge in [0, 0.05) is 11.8 Å². The molecule has 5 nitrogen and oxygen atoms in total. The van der Waals surface area contributed by atoms with E-state index < -0.39 is 23.4 Å². The van der Waals surface area contributed by atoms with Gasteiger partial charge in [-0.3, -0.25) is 4.79 Å². The smallest absolute Gasteiger partial charge is 0.508 e. The van der Waals surface area contributed by atoms with Crippen molar-refractivity contribution in [1.82, 2.24) is 4.98 Å². The molecule has 0 saturated heterocycles. The number of phenolic OH excluding ortho intramolecular Hbond substituents is 1. The first-order valence-electron chi connectivity index (χ1n) is 8.34. The summed E-state index contributed by atoms with van der Waals surface area (Å²) < 4.78 is 41.4. The fourth-order valence-corrected chi connectivity index (χ4v) is 3.76. The fourth-order valence-electron chi connectivity index (χ4n) is 3.56. The molecule has 1 unspecified atom stereocenters. The zero-order chi connectivity index (χ0) is 20.8. The zero-order valence-electron chi connectivity index (χ0n) is 14.5. The maximum absolute atomic E-state index is 13.2. The number of hydrogen-bond acceptors (Lipinski definition) is 4. The van der Waals surface area contributed by atoms with Gasteiger partial charge < -0.3 is 15.2 Å². The molecule has 1 atom stereocenters. The lowest BCUT2D eigenvalue weighted by atomic mass is 9.70. The third-order valence-electron chi connectivity index (χ3n) is 4.71. The molecule has 1 aromatic heterocycles. The van der Waals surface area contributed by atoms with Crippen molar-refractivity contribution in [3.8, 4) is 11.5 Å². The second-order valence-electron chi connectivity index (χ2n) is 6.35. The monoisotopic (exact) mass is 420 g/mol. The molecule has 0 spiro atoms. The van der Waals surface area contributed by atoms with Crippen LogP contribution in [0, 0.1) is 0 Å². The molecule has 2 aromatic carbocycles. The van der Waals surface area contributed by atoms with Gasteiger partial charge in [-0.15, -0.1) is 13.2 Å². The molecule has 0 bridgehead atoms. The number of nitrogens with zero attached hydrogens (tertiary/aromatic N) is 1.